The van der Waals surface area contributed by atoms with Gasteiger partial charge in [-0.25, -0.2) is 23.1 Å². The van der Waals surface area contributed by atoms with Crippen LogP contribution in [-0.2, 0) is 0 Å². The molecule has 0 spiro atoms. The number of nitrogens with zero attached hydrogens (tertiary/aromatic N) is 3. The van der Waals surface area contributed by atoms with Gasteiger partial charge in [-0.2, -0.15) is 0 Å². The maximum absolute atomic E-state index is 14.8. The molecule has 1 fully saturated rings. The fourth-order valence-corrected chi connectivity index (χ4v) is 4.20. The van der Waals surface area contributed by atoms with Crippen molar-refractivity contribution in [1.29, 1.82) is 0 Å². The summed E-state index contributed by atoms with van der Waals surface area (Å²) in [7, 11) is 0. The third kappa shape index (κ3) is 4.76. The highest BCUT2D eigenvalue weighted by atomic mass is 35.5. The van der Waals surface area contributed by atoms with Crippen LogP contribution in [0.15, 0.2) is 55.1 Å². The molecule has 166 valence electrons. The van der Waals surface area contributed by atoms with Crippen molar-refractivity contribution in [1.82, 2.24) is 20.2 Å². The van der Waals surface area contributed by atoms with E-state index in [0.717, 1.165) is 17.7 Å². The molecular formula is C23H20ClF3N4O. The first kappa shape index (κ1) is 22.2. The molecule has 1 atom stereocenters. The number of carbonyl (C=O) groups excluding carboxylic acids is 1. The second-order valence-corrected chi connectivity index (χ2v) is 8.06. The highest BCUT2D eigenvalue weighted by molar-refractivity contribution is 6.30. The third-order valence-electron chi connectivity index (χ3n) is 5.57. The van der Waals surface area contributed by atoms with E-state index in [1.165, 1.54) is 18.5 Å². The minimum atomic E-state index is -0.901. The van der Waals surface area contributed by atoms with Crippen molar-refractivity contribution in [3.05, 3.63) is 94.3 Å². The Morgan fingerprint density at radius 1 is 1.03 bits per heavy atom. The van der Waals surface area contributed by atoms with Crippen molar-refractivity contribution in [3.63, 3.8) is 0 Å². The van der Waals surface area contributed by atoms with Gasteiger partial charge in [-0.3, -0.25) is 9.69 Å². The van der Waals surface area contributed by atoms with Gasteiger partial charge in [-0.15, -0.1) is 0 Å². The fraction of sp³-hybridized carbons (Fsp3) is 0.261. The molecule has 1 unspecified atom stereocenters. The number of carbonyl (C=O) groups is 1. The van der Waals surface area contributed by atoms with Crippen molar-refractivity contribution < 1.29 is 18.0 Å². The summed E-state index contributed by atoms with van der Waals surface area (Å²) in [6.07, 6.45) is 5.74. The van der Waals surface area contributed by atoms with Crippen molar-refractivity contribution in [3.8, 4) is 0 Å². The molecule has 1 aliphatic heterocycles. The molecule has 0 aliphatic carbocycles. The number of amides is 1. The lowest BCUT2D eigenvalue weighted by atomic mass is 9.95. The molecule has 2 aromatic carbocycles. The van der Waals surface area contributed by atoms with Crippen LogP contribution in [0.5, 0.6) is 0 Å². The van der Waals surface area contributed by atoms with Gasteiger partial charge >= 0.3 is 0 Å². The number of rotatable bonds is 5. The lowest BCUT2D eigenvalue weighted by molar-refractivity contribution is 0.0891. The van der Waals surface area contributed by atoms with Gasteiger partial charge < -0.3 is 5.32 Å². The van der Waals surface area contributed by atoms with Gasteiger partial charge in [0.15, 0.2) is 0 Å². The van der Waals surface area contributed by atoms with Crippen molar-refractivity contribution in [2.45, 2.75) is 24.9 Å². The molecule has 1 aliphatic rings. The Balaban J connectivity index is 1.50. The number of likely N-dealkylation sites (tertiary alicyclic amines) is 1. The van der Waals surface area contributed by atoms with Gasteiger partial charge in [0.05, 0.1) is 6.04 Å². The summed E-state index contributed by atoms with van der Waals surface area (Å²) < 4.78 is 42.6. The van der Waals surface area contributed by atoms with Gasteiger partial charge in [0.2, 0.25) is 0 Å². The molecule has 0 radical (unpaired) electrons. The zero-order valence-corrected chi connectivity index (χ0v) is 17.7. The molecule has 1 amide bonds. The molecule has 1 aromatic heterocycles. The number of piperidine rings is 1. The summed E-state index contributed by atoms with van der Waals surface area (Å²) in [6, 6.07) is 7.15. The van der Waals surface area contributed by atoms with E-state index in [4.69, 9.17) is 11.6 Å². The van der Waals surface area contributed by atoms with Crippen LogP contribution in [0.25, 0.3) is 0 Å². The van der Waals surface area contributed by atoms with Crippen LogP contribution < -0.4 is 5.32 Å². The predicted octanol–water partition coefficient (Wildman–Crippen LogP) is 4.53. The molecule has 4 rings (SSSR count). The number of halogens is 4. The van der Waals surface area contributed by atoms with E-state index in [2.05, 4.69) is 20.2 Å². The summed E-state index contributed by atoms with van der Waals surface area (Å²) in [4.78, 5) is 22.6. The molecule has 9 heteroatoms. The van der Waals surface area contributed by atoms with E-state index >= 15 is 0 Å². The molecule has 1 N–H and O–H groups in total. The summed E-state index contributed by atoms with van der Waals surface area (Å²) in [6.45, 7) is 1.04. The Bertz CT molecular complexity index is 1090. The maximum Gasteiger partial charge on any atom is 0.257 e. The number of aromatic nitrogens is 2. The molecule has 5 nitrogen and oxygen atoms in total. The van der Waals surface area contributed by atoms with Crippen LogP contribution in [0.3, 0.4) is 0 Å². The average molecular weight is 461 g/mol. The van der Waals surface area contributed by atoms with E-state index in [1.807, 2.05) is 0 Å². The normalized spacial score (nSPS) is 16.0. The number of hydrogen-bond donors (Lipinski definition) is 1. The first-order chi connectivity index (χ1) is 15.4. The molecule has 3 aromatic rings. The molecule has 0 bridgehead atoms. The Kier molecular flexibility index (Phi) is 6.72. The smallest absolute Gasteiger partial charge is 0.257 e. The van der Waals surface area contributed by atoms with Crippen molar-refractivity contribution in [2.24, 2.45) is 0 Å². The van der Waals surface area contributed by atoms with E-state index in [-0.39, 0.29) is 6.04 Å². The predicted molar refractivity (Wildman–Crippen MR) is 114 cm³/mol. The second kappa shape index (κ2) is 9.67. The summed E-state index contributed by atoms with van der Waals surface area (Å²) in [5, 5.41) is 3.01. The van der Waals surface area contributed by atoms with Gasteiger partial charge in [0, 0.05) is 47.7 Å². The number of hydrogen-bond acceptors (Lipinski definition) is 4. The number of nitrogens with one attached hydrogen (secondary N) is 1. The Hall–Kier alpha value is -2.97. The van der Waals surface area contributed by atoms with Gasteiger partial charge in [-0.1, -0.05) is 23.7 Å². The second-order valence-electron chi connectivity index (χ2n) is 7.62. The van der Waals surface area contributed by atoms with Crippen LogP contribution in [-0.4, -0.2) is 39.9 Å². The van der Waals surface area contributed by atoms with Crippen LogP contribution in [0, 0.1) is 17.5 Å². The third-order valence-corrected chi connectivity index (χ3v) is 5.81. The summed E-state index contributed by atoms with van der Waals surface area (Å²) in [5.41, 5.74) is 0.585. The fourth-order valence-electron chi connectivity index (χ4n) is 4.04. The highest BCUT2D eigenvalue weighted by Gasteiger charge is 2.31. The lowest BCUT2D eigenvalue weighted by Crippen LogP contribution is -2.46. The van der Waals surface area contributed by atoms with Crippen LogP contribution in [0.1, 0.15) is 40.4 Å². The summed E-state index contributed by atoms with van der Waals surface area (Å²) in [5.74, 6) is -3.02. The van der Waals surface area contributed by atoms with Gasteiger partial charge in [-0.05, 0) is 37.1 Å². The molecule has 0 saturated carbocycles. The molecule has 2 heterocycles. The van der Waals surface area contributed by atoms with Crippen LogP contribution in [0.4, 0.5) is 13.2 Å². The van der Waals surface area contributed by atoms with E-state index < -0.39 is 35.0 Å². The van der Waals surface area contributed by atoms with E-state index in [0.29, 0.717) is 36.5 Å². The SMILES string of the molecule is O=C(NC1CCN(C(c2cncnc2)c2ccc(Cl)cc2F)CC1)c1c(F)cccc1F. The van der Waals surface area contributed by atoms with Gasteiger partial charge in [0.25, 0.3) is 5.91 Å². The zero-order chi connectivity index (χ0) is 22.7. The van der Waals surface area contributed by atoms with E-state index in [1.54, 1.807) is 24.5 Å². The Morgan fingerprint density at radius 2 is 1.69 bits per heavy atom. The monoisotopic (exact) mass is 460 g/mol. The Labute approximate surface area is 188 Å². The number of benzene rings is 2. The van der Waals surface area contributed by atoms with Crippen molar-refractivity contribution in [2.75, 3.05) is 13.1 Å². The minimum Gasteiger partial charge on any atom is -0.349 e. The van der Waals surface area contributed by atoms with Crippen molar-refractivity contribution >= 4 is 17.5 Å². The van der Waals surface area contributed by atoms with E-state index in [9.17, 15) is 18.0 Å². The highest BCUT2D eigenvalue weighted by Crippen LogP contribution is 2.33. The summed E-state index contributed by atoms with van der Waals surface area (Å²) >= 11 is 5.92. The molecule has 32 heavy (non-hydrogen) atoms. The lowest BCUT2D eigenvalue weighted by Gasteiger charge is -2.38. The topological polar surface area (TPSA) is 58.1 Å². The van der Waals surface area contributed by atoms with Crippen LogP contribution >= 0.6 is 11.6 Å². The molecular weight excluding hydrogens is 441 g/mol. The minimum absolute atomic E-state index is 0.263. The quantitative estimate of drug-likeness (QED) is 0.607. The van der Waals surface area contributed by atoms with Crippen LogP contribution in [0.2, 0.25) is 5.02 Å². The maximum atomic E-state index is 14.8. The Morgan fingerprint density at radius 3 is 2.31 bits per heavy atom. The van der Waals surface area contributed by atoms with Gasteiger partial charge in [0.1, 0.15) is 29.3 Å². The standard InChI is InChI=1S/C23H20ClF3N4O/c24-15-4-5-17(20(27)10-15)22(14-11-28-13-29-12-14)31-8-6-16(7-9-31)30-23(32)21-18(25)2-1-3-19(21)26/h1-5,10-13,16,22H,6-9H2,(H,30,32). The largest absolute Gasteiger partial charge is 0.349 e. The first-order valence-electron chi connectivity index (χ1n) is 10.1. The first-order valence-corrected chi connectivity index (χ1v) is 10.5. The zero-order valence-electron chi connectivity index (χ0n) is 16.9. The molecule has 1 saturated heterocycles. The average Bonchev–Trinajstić information content (AvgIpc) is 2.77.